The second-order valence-electron chi connectivity index (χ2n) is 9.03. The van der Waals surface area contributed by atoms with Gasteiger partial charge in [0.25, 0.3) is 5.91 Å². The fourth-order valence-electron chi connectivity index (χ4n) is 5.45. The Labute approximate surface area is 198 Å². The number of nitrogens with zero attached hydrogens (tertiary/aromatic N) is 2. The zero-order valence-corrected chi connectivity index (χ0v) is 18.9. The van der Waals surface area contributed by atoms with Crippen LogP contribution in [-0.2, 0) is 10.2 Å². The molecule has 0 aromatic heterocycles. The molecule has 1 aliphatic carbocycles. The normalized spacial score (nSPS) is 23.7. The number of piperazine rings is 1. The first-order chi connectivity index (χ1) is 16.1. The smallest absolute Gasteiger partial charge is 0.254 e. The zero-order chi connectivity index (χ0) is 22.6. The van der Waals surface area contributed by atoms with Crippen LogP contribution in [0.1, 0.15) is 33.8 Å². The number of hydrogen-bond donors (Lipinski definition) is 1. The van der Waals surface area contributed by atoms with Crippen LogP contribution in [0.2, 0.25) is 5.02 Å². The molecule has 1 N–H and O–H groups in total. The molecule has 5 nitrogen and oxygen atoms in total. The third kappa shape index (κ3) is 3.18. The van der Waals surface area contributed by atoms with Crippen molar-refractivity contribution >= 4 is 34.8 Å². The van der Waals surface area contributed by atoms with Gasteiger partial charge in [0.15, 0.2) is 0 Å². The molecule has 1 saturated carbocycles. The molecular formula is C27H24ClN3O2. The van der Waals surface area contributed by atoms with E-state index in [9.17, 15) is 9.59 Å². The summed E-state index contributed by atoms with van der Waals surface area (Å²) in [7, 11) is 0. The van der Waals surface area contributed by atoms with Gasteiger partial charge in [-0.15, -0.1) is 0 Å². The molecule has 3 aromatic carbocycles. The lowest BCUT2D eigenvalue weighted by Gasteiger charge is -2.28. The Bertz CT molecular complexity index is 1250. The predicted molar refractivity (Wildman–Crippen MR) is 129 cm³/mol. The van der Waals surface area contributed by atoms with E-state index in [1.807, 2.05) is 71.6 Å². The molecule has 6 heteroatoms. The maximum Gasteiger partial charge on any atom is 0.254 e. The molecule has 0 bridgehead atoms. The van der Waals surface area contributed by atoms with Gasteiger partial charge < -0.3 is 10.2 Å². The summed E-state index contributed by atoms with van der Waals surface area (Å²) in [5.74, 6) is 0.216. The molecule has 166 valence electrons. The highest BCUT2D eigenvalue weighted by Gasteiger charge is 2.67. The van der Waals surface area contributed by atoms with Crippen LogP contribution in [0.5, 0.6) is 0 Å². The molecular weight excluding hydrogens is 434 g/mol. The van der Waals surface area contributed by atoms with E-state index < -0.39 is 5.41 Å². The van der Waals surface area contributed by atoms with E-state index in [-0.39, 0.29) is 17.7 Å². The number of amides is 2. The number of para-hydroxylation sites is 1. The van der Waals surface area contributed by atoms with Crippen LogP contribution in [0.4, 0.5) is 11.4 Å². The second-order valence-corrected chi connectivity index (χ2v) is 9.47. The Morgan fingerprint density at radius 2 is 1.73 bits per heavy atom. The lowest BCUT2D eigenvalue weighted by Crippen LogP contribution is -2.46. The van der Waals surface area contributed by atoms with Gasteiger partial charge in [-0.2, -0.15) is 0 Å². The summed E-state index contributed by atoms with van der Waals surface area (Å²) in [6.45, 7) is 3.00. The fraction of sp³-hybridized carbons (Fsp3) is 0.259. The molecule has 1 saturated heterocycles. The highest BCUT2D eigenvalue weighted by Crippen LogP contribution is 2.67. The predicted octanol–water partition coefficient (Wildman–Crippen LogP) is 4.49. The third-order valence-electron chi connectivity index (χ3n) is 7.20. The largest absolute Gasteiger partial charge is 0.336 e. The maximum atomic E-state index is 14.0. The monoisotopic (exact) mass is 457 g/mol. The molecule has 1 unspecified atom stereocenters. The molecule has 2 atom stereocenters. The Hall–Kier alpha value is -3.15. The summed E-state index contributed by atoms with van der Waals surface area (Å²) >= 11 is 6.09. The van der Waals surface area contributed by atoms with Crippen molar-refractivity contribution < 1.29 is 9.59 Å². The van der Waals surface area contributed by atoms with Crippen molar-refractivity contribution in [2.75, 3.05) is 31.1 Å². The summed E-state index contributed by atoms with van der Waals surface area (Å²) in [6, 6.07) is 23.3. The molecule has 3 aromatic rings. The van der Waals surface area contributed by atoms with Crippen LogP contribution in [0.25, 0.3) is 0 Å². The first-order valence-electron chi connectivity index (χ1n) is 11.4. The van der Waals surface area contributed by atoms with Gasteiger partial charge in [0.1, 0.15) is 0 Å². The van der Waals surface area contributed by atoms with Gasteiger partial charge in [0.2, 0.25) is 5.91 Å². The van der Waals surface area contributed by atoms with Crippen molar-refractivity contribution in [1.29, 1.82) is 0 Å². The van der Waals surface area contributed by atoms with Crippen molar-refractivity contribution in [3.05, 3.63) is 94.5 Å². The molecule has 6 rings (SSSR count). The van der Waals surface area contributed by atoms with E-state index in [0.29, 0.717) is 23.7 Å². The first-order valence-corrected chi connectivity index (χ1v) is 11.8. The molecule has 33 heavy (non-hydrogen) atoms. The summed E-state index contributed by atoms with van der Waals surface area (Å²) in [4.78, 5) is 30.7. The lowest BCUT2D eigenvalue weighted by molar-refractivity contribution is -0.119. The van der Waals surface area contributed by atoms with E-state index in [1.165, 1.54) is 0 Å². The Morgan fingerprint density at radius 1 is 0.970 bits per heavy atom. The minimum absolute atomic E-state index is 0.0125. The molecule has 2 heterocycles. The van der Waals surface area contributed by atoms with Crippen LogP contribution in [0, 0.1) is 0 Å². The number of halogens is 1. The number of benzene rings is 3. The number of fused-ring (bicyclic) bond motifs is 2. The summed E-state index contributed by atoms with van der Waals surface area (Å²) < 4.78 is 0. The number of nitrogens with one attached hydrogen (secondary N) is 1. The zero-order valence-electron chi connectivity index (χ0n) is 18.1. The maximum absolute atomic E-state index is 14.0. The molecule has 1 spiro atoms. The van der Waals surface area contributed by atoms with E-state index in [4.69, 9.17) is 11.6 Å². The van der Waals surface area contributed by atoms with Crippen LogP contribution in [0.3, 0.4) is 0 Å². The average molecular weight is 458 g/mol. The van der Waals surface area contributed by atoms with Crippen molar-refractivity contribution in [3.8, 4) is 0 Å². The standard InChI is InChI=1S/C27H24ClN3O2/c28-20-10-8-18(9-11-20)23-17-27(23)22-6-1-2-7-24(22)31(26(27)33)21-5-3-4-19(16-21)25(32)30-14-12-29-13-15-30/h1-11,16,23,29H,12-15,17H2/t23?,27-/m1/s1. The van der Waals surface area contributed by atoms with Gasteiger partial charge in [0.05, 0.1) is 11.1 Å². The molecule has 0 radical (unpaired) electrons. The summed E-state index contributed by atoms with van der Waals surface area (Å²) in [6.07, 6.45) is 0.778. The van der Waals surface area contributed by atoms with Crippen LogP contribution in [-0.4, -0.2) is 42.9 Å². The quantitative estimate of drug-likeness (QED) is 0.630. The van der Waals surface area contributed by atoms with Gasteiger partial charge in [-0.1, -0.05) is 48.0 Å². The Balaban J connectivity index is 1.37. The Kier molecular flexibility index (Phi) is 4.78. The lowest BCUT2D eigenvalue weighted by atomic mass is 9.92. The number of carbonyl (C=O) groups is 2. The summed E-state index contributed by atoms with van der Waals surface area (Å²) in [5.41, 5.74) is 3.91. The van der Waals surface area contributed by atoms with E-state index in [0.717, 1.165) is 42.0 Å². The number of rotatable bonds is 3. The van der Waals surface area contributed by atoms with Crippen molar-refractivity contribution in [3.63, 3.8) is 0 Å². The van der Waals surface area contributed by atoms with Crippen molar-refractivity contribution in [2.45, 2.75) is 17.8 Å². The second kappa shape index (κ2) is 7.72. The Morgan fingerprint density at radius 3 is 2.52 bits per heavy atom. The number of hydrogen-bond acceptors (Lipinski definition) is 3. The molecule has 2 amide bonds. The van der Waals surface area contributed by atoms with Crippen LogP contribution >= 0.6 is 11.6 Å². The molecule has 3 aliphatic rings. The summed E-state index contributed by atoms with van der Waals surface area (Å²) in [5, 5.41) is 3.97. The van der Waals surface area contributed by atoms with Gasteiger partial charge in [-0.05, 0) is 53.9 Å². The average Bonchev–Trinajstić information content (AvgIpc) is 3.56. The van der Waals surface area contributed by atoms with Crippen LogP contribution < -0.4 is 10.2 Å². The van der Waals surface area contributed by atoms with Crippen LogP contribution in [0.15, 0.2) is 72.8 Å². The van der Waals surface area contributed by atoms with Gasteiger partial charge in [-0.25, -0.2) is 0 Å². The van der Waals surface area contributed by atoms with Gasteiger partial charge in [-0.3, -0.25) is 14.5 Å². The topological polar surface area (TPSA) is 52.7 Å². The fourth-order valence-corrected chi connectivity index (χ4v) is 5.58. The highest BCUT2D eigenvalue weighted by molar-refractivity contribution is 6.30. The minimum Gasteiger partial charge on any atom is -0.336 e. The van der Waals surface area contributed by atoms with Gasteiger partial charge in [0, 0.05) is 48.4 Å². The number of carbonyl (C=O) groups excluding carboxylic acids is 2. The van der Waals surface area contributed by atoms with Crippen molar-refractivity contribution in [2.24, 2.45) is 0 Å². The first kappa shape index (κ1) is 20.5. The third-order valence-corrected chi connectivity index (χ3v) is 7.45. The molecule has 2 fully saturated rings. The van der Waals surface area contributed by atoms with E-state index >= 15 is 0 Å². The van der Waals surface area contributed by atoms with Crippen molar-refractivity contribution in [1.82, 2.24) is 10.2 Å². The number of anilines is 2. The van der Waals surface area contributed by atoms with E-state index in [2.05, 4.69) is 11.4 Å². The SMILES string of the molecule is O=C(c1cccc(N2C(=O)[C@]3(CC3c3ccc(Cl)cc3)c3ccccc32)c1)N1CCNCC1. The minimum atomic E-state index is -0.553. The van der Waals surface area contributed by atoms with E-state index in [1.54, 1.807) is 4.90 Å². The highest BCUT2D eigenvalue weighted by atomic mass is 35.5. The molecule has 2 aliphatic heterocycles. The van der Waals surface area contributed by atoms with Gasteiger partial charge >= 0.3 is 0 Å².